The number of hydrogen-bond donors (Lipinski definition) is 2. The molecule has 2 aromatic rings. The minimum atomic E-state index is -0.678. The summed E-state index contributed by atoms with van der Waals surface area (Å²) >= 11 is 0. The number of amides is 3. The molecule has 0 fully saturated rings. The van der Waals surface area contributed by atoms with Crippen LogP contribution in [0.2, 0.25) is 0 Å². The van der Waals surface area contributed by atoms with E-state index in [-0.39, 0.29) is 12.3 Å². The first-order valence-electron chi connectivity index (χ1n) is 8.47. The summed E-state index contributed by atoms with van der Waals surface area (Å²) in [5, 5.41) is 5.50. The first-order valence-corrected chi connectivity index (χ1v) is 8.47. The number of nitrogens with one attached hydrogen (secondary N) is 2. The molecule has 0 unspecified atom stereocenters. The van der Waals surface area contributed by atoms with Crippen molar-refractivity contribution in [2.75, 3.05) is 13.2 Å². The Morgan fingerprint density at radius 1 is 1.15 bits per heavy atom. The van der Waals surface area contributed by atoms with Gasteiger partial charge in [-0.3, -0.25) is 14.9 Å². The summed E-state index contributed by atoms with van der Waals surface area (Å²) in [7, 11) is 0. The monoisotopic (exact) mass is 360 g/mol. The number of aryl methyl sites for hydroxylation is 2. The molecule has 0 atom stereocenters. The van der Waals surface area contributed by atoms with Crippen molar-refractivity contribution in [3.8, 4) is 0 Å². The molecule has 0 bridgehead atoms. The van der Waals surface area contributed by atoms with E-state index < -0.39 is 24.5 Å². The molecule has 7 nitrogen and oxygen atoms in total. The number of imide groups is 1. The van der Waals surface area contributed by atoms with Crippen molar-refractivity contribution >= 4 is 28.9 Å². The standard InChI is InChI=1S/C19H24N2O5/c1-11(2)8-20-19(24)21-17(22)10-26-18(23)7-14-9-25-16-6-13(4)12(3)5-15(14)16/h5-6,9,11H,7-8,10H2,1-4H3,(H2,20,21,22,24). The van der Waals surface area contributed by atoms with Gasteiger partial charge in [-0.25, -0.2) is 4.79 Å². The quantitative estimate of drug-likeness (QED) is 0.772. The number of carbonyl (C=O) groups excluding carboxylic acids is 3. The lowest BCUT2D eigenvalue weighted by Gasteiger charge is -2.09. The van der Waals surface area contributed by atoms with E-state index in [0.29, 0.717) is 17.7 Å². The van der Waals surface area contributed by atoms with Gasteiger partial charge in [-0.15, -0.1) is 0 Å². The molecule has 1 heterocycles. The molecule has 0 saturated carbocycles. The van der Waals surface area contributed by atoms with Gasteiger partial charge in [-0.05, 0) is 43.0 Å². The number of esters is 1. The highest BCUT2D eigenvalue weighted by Crippen LogP contribution is 2.25. The van der Waals surface area contributed by atoms with Crippen LogP contribution in [0.1, 0.15) is 30.5 Å². The highest BCUT2D eigenvalue weighted by Gasteiger charge is 2.15. The molecule has 0 aliphatic carbocycles. The maximum absolute atomic E-state index is 12.0. The number of fused-ring (bicyclic) bond motifs is 1. The zero-order chi connectivity index (χ0) is 19.3. The number of rotatable bonds is 6. The van der Waals surface area contributed by atoms with E-state index in [1.165, 1.54) is 6.26 Å². The van der Waals surface area contributed by atoms with Crippen LogP contribution in [-0.4, -0.2) is 31.1 Å². The normalized spacial score (nSPS) is 10.8. The third-order valence-electron chi connectivity index (χ3n) is 3.89. The van der Waals surface area contributed by atoms with Gasteiger partial charge in [-0.2, -0.15) is 0 Å². The summed E-state index contributed by atoms with van der Waals surface area (Å²) in [6, 6.07) is 3.28. The van der Waals surface area contributed by atoms with Crippen molar-refractivity contribution < 1.29 is 23.5 Å². The Morgan fingerprint density at radius 3 is 2.54 bits per heavy atom. The van der Waals surface area contributed by atoms with Crippen LogP contribution in [0.5, 0.6) is 0 Å². The van der Waals surface area contributed by atoms with Crippen LogP contribution in [0.4, 0.5) is 4.79 Å². The van der Waals surface area contributed by atoms with E-state index >= 15 is 0 Å². The molecular weight excluding hydrogens is 336 g/mol. The average molecular weight is 360 g/mol. The van der Waals surface area contributed by atoms with Crippen LogP contribution < -0.4 is 10.6 Å². The molecule has 1 aromatic carbocycles. The third-order valence-corrected chi connectivity index (χ3v) is 3.89. The van der Waals surface area contributed by atoms with Crippen LogP contribution in [0.25, 0.3) is 11.0 Å². The molecule has 0 saturated heterocycles. The van der Waals surface area contributed by atoms with E-state index in [0.717, 1.165) is 16.5 Å². The molecule has 0 aliphatic heterocycles. The summed E-state index contributed by atoms with van der Waals surface area (Å²) in [6.45, 7) is 7.78. The lowest BCUT2D eigenvalue weighted by Crippen LogP contribution is -2.42. The molecule has 3 amide bonds. The first kappa shape index (κ1) is 19.5. The maximum Gasteiger partial charge on any atom is 0.321 e. The number of urea groups is 1. The second-order valence-corrected chi connectivity index (χ2v) is 6.68. The summed E-state index contributed by atoms with van der Waals surface area (Å²) in [6.07, 6.45) is 1.51. The van der Waals surface area contributed by atoms with Crippen LogP contribution in [0, 0.1) is 19.8 Å². The van der Waals surface area contributed by atoms with Crippen LogP contribution in [0.15, 0.2) is 22.8 Å². The largest absolute Gasteiger partial charge is 0.464 e. The molecule has 7 heteroatoms. The van der Waals surface area contributed by atoms with Gasteiger partial charge in [0.1, 0.15) is 5.58 Å². The molecule has 0 aliphatic rings. The maximum atomic E-state index is 12.0. The van der Waals surface area contributed by atoms with Crippen LogP contribution in [0.3, 0.4) is 0 Å². The predicted molar refractivity (Wildman–Crippen MR) is 96.7 cm³/mol. The van der Waals surface area contributed by atoms with Gasteiger partial charge < -0.3 is 14.5 Å². The summed E-state index contributed by atoms with van der Waals surface area (Å²) < 4.78 is 10.4. The van der Waals surface area contributed by atoms with E-state index in [4.69, 9.17) is 9.15 Å². The Balaban J connectivity index is 1.85. The molecule has 26 heavy (non-hydrogen) atoms. The lowest BCUT2D eigenvalue weighted by molar-refractivity contribution is -0.147. The predicted octanol–water partition coefficient (Wildman–Crippen LogP) is 2.62. The molecule has 2 N–H and O–H groups in total. The van der Waals surface area contributed by atoms with Crippen molar-refractivity contribution in [2.45, 2.75) is 34.1 Å². The zero-order valence-electron chi connectivity index (χ0n) is 15.5. The van der Waals surface area contributed by atoms with E-state index in [1.54, 1.807) is 0 Å². The van der Waals surface area contributed by atoms with Crippen molar-refractivity contribution in [2.24, 2.45) is 5.92 Å². The number of benzene rings is 1. The van der Waals surface area contributed by atoms with Gasteiger partial charge in [0.05, 0.1) is 12.7 Å². The van der Waals surface area contributed by atoms with Gasteiger partial charge >= 0.3 is 12.0 Å². The van der Waals surface area contributed by atoms with Gasteiger partial charge in [0, 0.05) is 17.5 Å². The average Bonchev–Trinajstić information content (AvgIpc) is 2.93. The van der Waals surface area contributed by atoms with E-state index in [1.807, 2.05) is 39.8 Å². The molecular formula is C19H24N2O5. The van der Waals surface area contributed by atoms with Gasteiger partial charge in [-0.1, -0.05) is 13.8 Å². The van der Waals surface area contributed by atoms with E-state index in [2.05, 4.69) is 10.6 Å². The molecule has 0 radical (unpaired) electrons. The zero-order valence-corrected chi connectivity index (χ0v) is 15.5. The Kier molecular flexibility index (Phi) is 6.38. The van der Waals surface area contributed by atoms with Crippen LogP contribution in [-0.2, 0) is 20.7 Å². The second kappa shape index (κ2) is 8.51. The summed E-state index contributed by atoms with van der Waals surface area (Å²) in [5.74, 6) is -0.974. The highest BCUT2D eigenvalue weighted by atomic mass is 16.5. The Bertz CT molecular complexity index is 823. The van der Waals surface area contributed by atoms with Gasteiger partial charge in [0.2, 0.25) is 0 Å². The highest BCUT2D eigenvalue weighted by molar-refractivity contribution is 5.95. The Hall–Kier alpha value is -2.83. The smallest absolute Gasteiger partial charge is 0.321 e. The Morgan fingerprint density at radius 2 is 1.85 bits per heavy atom. The summed E-state index contributed by atoms with van der Waals surface area (Å²) in [4.78, 5) is 35.1. The fraction of sp³-hybridized carbons (Fsp3) is 0.421. The Labute approximate surface area is 152 Å². The van der Waals surface area contributed by atoms with Gasteiger partial charge in [0.25, 0.3) is 5.91 Å². The molecule has 1 aromatic heterocycles. The van der Waals surface area contributed by atoms with Crippen molar-refractivity contribution in [3.63, 3.8) is 0 Å². The summed E-state index contributed by atoms with van der Waals surface area (Å²) in [5.41, 5.74) is 3.60. The fourth-order valence-electron chi connectivity index (χ4n) is 2.33. The minimum absolute atomic E-state index is 0.0116. The van der Waals surface area contributed by atoms with E-state index in [9.17, 15) is 14.4 Å². The minimum Gasteiger partial charge on any atom is -0.464 e. The van der Waals surface area contributed by atoms with Crippen molar-refractivity contribution in [3.05, 3.63) is 35.1 Å². The topological polar surface area (TPSA) is 97.6 Å². The third kappa shape index (κ3) is 5.34. The number of ether oxygens (including phenoxy) is 1. The molecule has 2 rings (SSSR count). The number of furan rings is 1. The van der Waals surface area contributed by atoms with Gasteiger partial charge in [0.15, 0.2) is 6.61 Å². The number of hydrogen-bond acceptors (Lipinski definition) is 5. The van der Waals surface area contributed by atoms with Crippen molar-refractivity contribution in [1.29, 1.82) is 0 Å². The first-order chi connectivity index (χ1) is 12.3. The fourth-order valence-corrected chi connectivity index (χ4v) is 2.33. The second-order valence-electron chi connectivity index (χ2n) is 6.68. The lowest BCUT2D eigenvalue weighted by atomic mass is 10.0. The molecule has 140 valence electrons. The van der Waals surface area contributed by atoms with Crippen LogP contribution >= 0.6 is 0 Å². The SMILES string of the molecule is Cc1cc2occ(CC(=O)OCC(=O)NC(=O)NCC(C)C)c2cc1C. The number of carbonyl (C=O) groups is 3. The van der Waals surface area contributed by atoms with Crippen molar-refractivity contribution in [1.82, 2.24) is 10.6 Å². The molecule has 0 spiro atoms.